The van der Waals surface area contributed by atoms with Crippen LogP contribution in [0, 0.1) is 13.8 Å². The Labute approximate surface area is 123 Å². The van der Waals surface area contributed by atoms with E-state index in [1.165, 1.54) is 15.4 Å². The number of amides is 2. The number of rotatable bonds is 1. The van der Waals surface area contributed by atoms with Crippen LogP contribution in [-0.2, 0) is 9.59 Å². The first-order valence-electron chi connectivity index (χ1n) is 6.22. The SMILES string of the molecule is Cc1ccc(C=C2C(=O)N(C)C(=S)N(C)C2=O)cc1C. The van der Waals surface area contributed by atoms with Gasteiger partial charge >= 0.3 is 0 Å². The number of thiocarbonyl (C=S) groups is 1. The van der Waals surface area contributed by atoms with Crippen LogP contribution in [0.1, 0.15) is 16.7 Å². The van der Waals surface area contributed by atoms with Crippen molar-refractivity contribution in [1.82, 2.24) is 9.80 Å². The summed E-state index contributed by atoms with van der Waals surface area (Å²) in [6.07, 6.45) is 1.62. The molecule has 0 radical (unpaired) electrons. The van der Waals surface area contributed by atoms with Crippen LogP contribution < -0.4 is 0 Å². The van der Waals surface area contributed by atoms with Crippen molar-refractivity contribution in [1.29, 1.82) is 0 Å². The van der Waals surface area contributed by atoms with E-state index in [0.717, 1.165) is 11.1 Å². The second kappa shape index (κ2) is 5.17. The molecule has 0 bridgehead atoms. The third kappa shape index (κ3) is 2.36. The zero-order chi connectivity index (χ0) is 15.0. The summed E-state index contributed by atoms with van der Waals surface area (Å²) in [6, 6.07) is 5.82. The number of carbonyl (C=O) groups is 2. The quantitative estimate of drug-likeness (QED) is 0.450. The van der Waals surface area contributed by atoms with Crippen molar-refractivity contribution >= 4 is 35.2 Å². The van der Waals surface area contributed by atoms with Gasteiger partial charge in [-0.15, -0.1) is 0 Å². The van der Waals surface area contributed by atoms with Gasteiger partial charge in [0.05, 0.1) is 0 Å². The third-order valence-electron chi connectivity index (χ3n) is 3.49. The molecule has 2 amide bonds. The molecule has 0 unspecified atom stereocenters. The number of carbonyl (C=O) groups excluding carboxylic acids is 2. The van der Waals surface area contributed by atoms with E-state index < -0.39 is 0 Å². The monoisotopic (exact) mass is 288 g/mol. The Morgan fingerprint density at radius 1 is 1.00 bits per heavy atom. The zero-order valence-corrected chi connectivity index (χ0v) is 12.7. The normalized spacial score (nSPS) is 16.0. The number of hydrogen-bond donors (Lipinski definition) is 0. The van der Waals surface area contributed by atoms with Gasteiger partial charge in [-0.3, -0.25) is 19.4 Å². The first kappa shape index (κ1) is 14.4. The van der Waals surface area contributed by atoms with Gasteiger partial charge in [0.15, 0.2) is 5.11 Å². The molecule has 0 N–H and O–H groups in total. The van der Waals surface area contributed by atoms with E-state index in [0.29, 0.717) is 0 Å². The smallest absolute Gasteiger partial charge is 0.265 e. The second-order valence-electron chi connectivity index (χ2n) is 4.91. The van der Waals surface area contributed by atoms with Crippen molar-refractivity contribution in [3.8, 4) is 0 Å². The Kier molecular flexibility index (Phi) is 3.72. The van der Waals surface area contributed by atoms with Crippen molar-refractivity contribution < 1.29 is 9.59 Å². The number of nitrogens with zero attached hydrogens (tertiary/aromatic N) is 2. The van der Waals surface area contributed by atoms with Crippen molar-refractivity contribution in [2.24, 2.45) is 0 Å². The number of benzene rings is 1. The average molecular weight is 288 g/mol. The van der Waals surface area contributed by atoms with Crippen LogP contribution in [0.2, 0.25) is 0 Å². The Morgan fingerprint density at radius 2 is 1.55 bits per heavy atom. The maximum absolute atomic E-state index is 12.2. The highest BCUT2D eigenvalue weighted by Gasteiger charge is 2.35. The molecule has 0 spiro atoms. The predicted octanol–water partition coefficient (Wildman–Crippen LogP) is 1.90. The van der Waals surface area contributed by atoms with Crippen molar-refractivity contribution in [3.63, 3.8) is 0 Å². The second-order valence-corrected chi connectivity index (χ2v) is 5.28. The largest absolute Gasteiger partial charge is 0.288 e. The molecule has 0 saturated carbocycles. The lowest BCUT2D eigenvalue weighted by molar-refractivity contribution is -0.132. The standard InChI is InChI=1S/C15H16N2O2S/c1-9-5-6-11(7-10(9)2)8-12-13(18)16(3)15(20)17(4)14(12)19/h5-8H,1-4H3. The van der Waals surface area contributed by atoms with E-state index >= 15 is 0 Å². The maximum Gasteiger partial charge on any atom is 0.265 e. The van der Waals surface area contributed by atoms with Gasteiger partial charge in [0.25, 0.3) is 11.8 Å². The average Bonchev–Trinajstić information content (AvgIpc) is 2.43. The highest BCUT2D eigenvalue weighted by molar-refractivity contribution is 7.80. The van der Waals surface area contributed by atoms with Gasteiger partial charge in [-0.05, 0) is 48.8 Å². The van der Waals surface area contributed by atoms with Gasteiger partial charge in [0.2, 0.25) is 0 Å². The molecule has 1 fully saturated rings. The van der Waals surface area contributed by atoms with Crippen molar-refractivity contribution in [3.05, 3.63) is 40.5 Å². The van der Waals surface area contributed by atoms with Gasteiger partial charge in [-0.2, -0.15) is 0 Å². The summed E-state index contributed by atoms with van der Waals surface area (Å²) in [6.45, 7) is 4.01. The molecule has 1 aromatic rings. The van der Waals surface area contributed by atoms with E-state index in [1.54, 1.807) is 20.2 Å². The minimum Gasteiger partial charge on any atom is -0.288 e. The summed E-state index contributed by atoms with van der Waals surface area (Å²) in [5.41, 5.74) is 3.25. The first-order chi connectivity index (χ1) is 9.32. The van der Waals surface area contributed by atoms with Crippen LogP contribution in [0.4, 0.5) is 0 Å². The lowest BCUT2D eigenvalue weighted by atomic mass is 10.0. The van der Waals surface area contributed by atoms with Crippen molar-refractivity contribution in [2.45, 2.75) is 13.8 Å². The minimum atomic E-state index is -0.365. The van der Waals surface area contributed by atoms with Crippen LogP contribution in [0.15, 0.2) is 23.8 Å². The zero-order valence-electron chi connectivity index (χ0n) is 11.9. The van der Waals surface area contributed by atoms with E-state index in [9.17, 15) is 9.59 Å². The molecule has 5 heteroatoms. The van der Waals surface area contributed by atoms with Gasteiger partial charge in [-0.25, -0.2) is 0 Å². The fourth-order valence-corrected chi connectivity index (χ4v) is 2.16. The number of aryl methyl sites for hydroxylation is 2. The molecular formula is C15H16N2O2S. The fraction of sp³-hybridized carbons (Fsp3) is 0.267. The van der Waals surface area contributed by atoms with E-state index in [4.69, 9.17) is 12.2 Å². The molecule has 1 saturated heterocycles. The highest BCUT2D eigenvalue weighted by atomic mass is 32.1. The predicted molar refractivity (Wildman–Crippen MR) is 82.0 cm³/mol. The molecule has 0 atom stereocenters. The fourth-order valence-electron chi connectivity index (χ4n) is 2.00. The topological polar surface area (TPSA) is 40.6 Å². The maximum atomic E-state index is 12.2. The van der Waals surface area contributed by atoms with Gasteiger partial charge in [0.1, 0.15) is 5.57 Å². The highest BCUT2D eigenvalue weighted by Crippen LogP contribution is 2.19. The van der Waals surface area contributed by atoms with Gasteiger partial charge in [-0.1, -0.05) is 18.2 Å². The molecule has 2 rings (SSSR count). The van der Waals surface area contributed by atoms with Crippen LogP contribution in [0.5, 0.6) is 0 Å². The van der Waals surface area contributed by atoms with Crippen LogP contribution in [0.3, 0.4) is 0 Å². The Hall–Kier alpha value is -2.01. The van der Waals surface area contributed by atoms with Crippen LogP contribution >= 0.6 is 12.2 Å². The summed E-state index contributed by atoms with van der Waals surface area (Å²) in [5, 5.41) is 0.220. The van der Waals surface area contributed by atoms with Crippen LogP contribution in [-0.4, -0.2) is 40.8 Å². The lowest BCUT2D eigenvalue weighted by Gasteiger charge is -2.31. The molecule has 0 aliphatic carbocycles. The Morgan fingerprint density at radius 3 is 2.05 bits per heavy atom. The molecule has 1 heterocycles. The van der Waals surface area contributed by atoms with E-state index in [-0.39, 0.29) is 22.5 Å². The summed E-state index contributed by atoms with van der Waals surface area (Å²) in [4.78, 5) is 27.0. The molecule has 1 aliphatic rings. The molecule has 0 aromatic heterocycles. The molecule has 104 valence electrons. The molecular weight excluding hydrogens is 272 g/mol. The van der Waals surface area contributed by atoms with Gasteiger partial charge < -0.3 is 0 Å². The lowest BCUT2D eigenvalue weighted by Crippen LogP contribution is -2.52. The summed E-state index contributed by atoms with van der Waals surface area (Å²) in [5.74, 6) is -0.729. The Balaban J connectivity index is 2.46. The summed E-state index contributed by atoms with van der Waals surface area (Å²) >= 11 is 5.04. The third-order valence-corrected chi connectivity index (χ3v) is 4.03. The van der Waals surface area contributed by atoms with Crippen molar-refractivity contribution in [2.75, 3.05) is 14.1 Å². The molecule has 4 nitrogen and oxygen atoms in total. The Bertz CT molecular complexity index is 623. The van der Waals surface area contributed by atoms with E-state index in [2.05, 4.69) is 0 Å². The first-order valence-corrected chi connectivity index (χ1v) is 6.62. The summed E-state index contributed by atoms with van der Waals surface area (Å²) < 4.78 is 0. The molecule has 20 heavy (non-hydrogen) atoms. The molecule has 1 aliphatic heterocycles. The summed E-state index contributed by atoms with van der Waals surface area (Å²) in [7, 11) is 3.14. The van der Waals surface area contributed by atoms with Crippen LogP contribution in [0.25, 0.3) is 6.08 Å². The molecule has 1 aromatic carbocycles. The number of likely N-dealkylation sites (N-methyl/N-ethyl adjacent to an activating group) is 2. The van der Waals surface area contributed by atoms with E-state index in [1.807, 2.05) is 32.0 Å². The van der Waals surface area contributed by atoms with Gasteiger partial charge in [0, 0.05) is 14.1 Å². The number of hydrogen-bond acceptors (Lipinski definition) is 3. The minimum absolute atomic E-state index is 0.131.